The highest BCUT2D eigenvalue weighted by atomic mass is 32.2. The lowest BCUT2D eigenvalue weighted by molar-refractivity contribution is 0.285. The van der Waals surface area contributed by atoms with E-state index >= 15 is 0 Å². The zero-order valence-electron chi connectivity index (χ0n) is 10.4. The molecule has 0 aromatic carbocycles. The Labute approximate surface area is 107 Å². The molecule has 0 atom stereocenters. The third kappa shape index (κ3) is 3.28. The van der Waals surface area contributed by atoms with Crippen molar-refractivity contribution in [3.8, 4) is 0 Å². The van der Waals surface area contributed by atoms with Gasteiger partial charge in [0.15, 0.2) is 0 Å². The van der Waals surface area contributed by atoms with E-state index in [4.69, 9.17) is 5.11 Å². The van der Waals surface area contributed by atoms with E-state index in [1.807, 2.05) is 6.92 Å². The van der Waals surface area contributed by atoms with Crippen molar-refractivity contribution in [2.75, 3.05) is 13.6 Å². The second-order valence-corrected chi connectivity index (χ2v) is 7.33. The quantitative estimate of drug-likeness (QED) is 0.865. The highest BCUT2D eigenvalue weighted by molar-refractivity contribution is 7.89. The van der Waals surface area contributed by atoms with Crippen LogP contribution in [0, 0.1) is 6.92 Å². The molecule has 1 heterocycles. The Kier molecular flexibility index (Phi) is 5.12. The lowest BCUT2D eigenvalue weighted by atomic mass is 10.3. The van der Waals surface area contributed by atoms with E-state index in [1.165, 1.54) is 15.6 Å². The van der Waals surface area contributed by atoms with Gasteiger partial charge in [-0.15, -0.1) is 11.3 Å². The van der Waals surface area contributed by atoms with Gasteiger partial charge in [-0.2, -0.15) is 0 Å². The molecular formula is C11H19NO3S2. The summed E-state index contributed by atoms with van der Waals surface area (Å²) >= 11 is 1.33. The number of aliphatic hydroxyl groups is 1. The first-order valence-electron chi connectivity index (χ1n) is 5.60. The fourth-order valence-electron chi connectivity index (χ4n) is 1.53. The van der Waals surface area contributed by atoms with Crippen molar-refractivity contribution in [3.05, 3.63) is 15.8 Å². The van der Waals surface area contributed by atoms with Crippen molar-refractivity contribution in [2.45, 2.75) is 38.2 Å². The Morgan fingerprint density at radius 3 is 2.59 bits per heavy atom. The van der Waals surface area contributed by atoms with Crippen LogP contribution in [0.25, 0.3) is 0 Å². The zero-order chi connectivity index (χ0) is 13.1. The molecule has 1 aromatic heterocycles. The van der Waals surface area contributed by atoms with Crippen molar-refractivity contribution in [2.24, 2.45) is 0 Å². The predicted octanol–water partition coefficient (Wildman–Crippen LogP) is 1.97. The SMILES string of the molecule is CCCCN(C)S(=O)(=O)c1cc(CO)sc1C. The second kappa shape index (κ2) is 5.95. The van der Waals surface area contributed by atoms with Gasteiger partial charge in [-0.25, -0.2) is 12.7 Å². The van der Waals surface area contributed by atoms with Crippen LogP contribution in [0.15, 0.2) is 11.0 Å². The predicted molar refractivity (Wildman–Crippen MR) is 69.7 cm³/mol. The topological polar surface area (TPSA) is 57.6 Å². The number of aliphatic hydroxyl groups excluding tert-OH is 1. The Hall–Kier alpha value is -0.430. The molecular weight excluding hydrogens is 258 g/mol. The fourth-order valence-corrected chi connectivity index (χ4v) is 4.20. The lowest BCUT2D eigenvalue weighted by Gasteiger charge is -2.16. The van der Waals surface area contributed by atoms with Crippen LogP contribution in [-0.2, 0) is 16.6 Å². The maximum absolute atomic E-state index is 12.2. The van der Waals surface area contributed by atoms with Crippen molar-refractivity contribution in [1.29, 1.82) is 0 Å². The van der Waals surface area contributed by atoms with Gasteiger partial charge < -0.3 is 5.11 Å². The minimum absolute atomic E-state index is 0.111. The highest BCUT2D eigenvalue weighted by Gasteiger charge is 2.24. The fraction of sp³-hybridized carbons (Fsp3) is 0.636. The number of hydrogen-bond acceptors (Lipinski definition) is 4. The van der Waals surface area contributed by atoms with Crippen molar-refractivity contribution in [1.82, 2.24) is 4.31 Å². The Bertz CT molecular complexity index is 465. The van der Waals surface area contributed by atoms with Crippen LogP contribution in [0.3, 0.4) is 0 Å². The number of unbranched alkanes of at least 4 members (excludes halogenated alkanes) is 1. The first-order valence-corrected chi connectivity index (χ1v) is 7.85. The summed E-state index contributed by atoms with van der Waals surface area (Å²) in [5.41, 5.74) is 0. The second-order valence-electron chi connectivity index (χ2n) is 3.97. The average Bonchev–Trinajstić information content (AvgIpc) is 2.67. The van der Waals surface area contributed by atoms with Gasteiger partial charge in [-0.3, -0.25) is 0 Å². The minimum atomic E-state index is -3.40. The molecule has 1 aromatic rings. The van der Waals surface area contributed by atoms with Crippen molar-refractivity contribution >= 4 is 21.4 Å². The standard InChI is InChI=1S/C11H19NO3S2/c1-4-5-6-12(3)17(14,15)11-7-10(8-13)16-9(11)2/h7,13H,4-6,8H2,1-3H3. The monoisotopic (exact) mass is 277 g/mol. The summed E-state index contributed by atoms with van der Waals surface area (Å²) in [6.45, 7) is 4.22. The van der Waals surface area contributed by atoms with E-state index in [2.05, 4.69) is 0 Å². The molecule has 17 heavy (non-hydrogen) atoms. The molecule has 0 saturated carbocycles. The number of sulfonamides is 1. The van der Waals surface area contributed by atoms with Crippen molar-refractivity contribution in [3.63, 3.8) is 0 Å². The summed E-state index contributed by atoms with van der Waals surface area (Å²) in [4.78, 5) is 1.74. The molecule has 0 radical (unpaired) electrons. The summed E-state index contributed by atoms with van der Waals surface area (Å²) in [5, 5.41) is 9.02. The van der Waals surface area contributed by atoms with E-state index in [1.54, 1.807) is 20.0 Å². The van der Waals surface area contributed by atoms with Crippen LogP contribution in [0.1, 0.15) is 29.5 Å². The first kappa shape index (κ1) is 14.6. The molecule has 98 valence electrons. The Balaban J connectivity index is 2.99. The largest absolute Gasteiger partial charge is 0.391 e. The maximum Gasteiger partial charge on any atom is 0.243 e. The van der Waals surface area contributed by atoms with Gasteiger partial charge in [-0.05, 0) is 19.4 Å². The number of nitrogens with zero attached hydrogens (tertiary/aromatic N) is 1. The molecule has 0 saturated heterocycles. The molecule has 4 nitrogen and oxygen atoms in total. The van der Waals surface area contributed by atoms with Crippen LogP contribution in [-0.4, -0.2) is 31.4 Å². The summed E-state index contributed by atoms with van der Waals surface area (Å²) < 4.78 is 25.9. The van der Waals surface area contributed by atoms with E-state index in [-0.39, 0.29) is 6.61 Å². The summed E-state index contributed by atoms with van der Waals surface area (Å²) in [7, 11) is -1.80. The van der Waals surface area contributed by atoms with Crippen LogP contribution >= 0.6 is 11.3 Å². The lowest BCUT2D eigenvalue weighted by Crippen LogP contribution is -2.28. The molecule has 0 aliphatic carbocycles. The zero-order valence-corrected chi connectivity index (χ0v) is 12.1. The Morgan fingerprint density at radius 1 is 1.47 bits per heavy atom. The number of thiophene rings is 1. The molecule has 6 heteroatoms. The maximum atomic E-state index is 12.2. The molecule has 0 amide bonds. The van der Waals surface area contributed by atoms with Crippen LogP contribution in [0.2, 0.25) is 0 Å². The minimum Gasteiger partial charge on any atom is -0.391 e. The number of aryl methyl sites for hydroxylation is 1. The molecule has 1 rings (SSSR count). The van der Waals surface area contributed by atoms with E-state index in [0.717, 1.165) is 17.7 Å². The van der Waals surface area contributed by atoms with Gasteiger partial charge in [-0.1, -0.05) is 13.3 Å². The van der Waals surface area contributed by atoms with Gasteiger partial charge in [0.2, 0.25) is 10.0 Å². The van der Waals surface area contributed by atoms with Gasteiger partial charge in [0.05, 0.1) is 11.5 Å². The van der Waals surface area contributed by atoms with Crippen LogP contribution < -0.4 is 0 Å². The molecule has 0 bridgehead atoms. The molecule has 0 spiro atoms. The van der Waals surface area contributed by atoms with Crippen molar-refractivity contribution < 1.29 is 13.5 Å². The van der Waals surface area contributed by atoms with Gasteiger partial charge in [0, 0.05) is 23.3 Å². The van der Waals surface area contributed by atoms with Gasteiger partial charge in [0.1, 0.15) is 0 Å². The van der Waals surface area contributed by atoms with Crippen LogP contribution in [0.5, 0.6) is 0 Å². The molecule has 0 unspecified atom stereocenters. The summed E-state index contributed by atoms with van der Waals surface area (Å²) in [6.07, 6.45) is 1.82. The van der Waals surface area contributed by atoms with Gasteiger partial charge >= 0.3 is 0 Å². The summed E-state index contributed by atoms with van der Waals surface area (Å²) in [5.74, 6) is 0. The summed E-state index contributed by atoms with van der Waals surface area (Å²) in [6, 6.07) is 1.57. The van der Waals surface area contributed by atoms with E-state index in [9.17, 15) is 8.42 Å². The number of rotatable bonds is 6. The Morgan fingerprint density at radius 2 is 2.12 bits per heavy atom. The van der Waals surface area contributed by atoms with Crippen LogP contribution in [0.4, 0.5) is 0 Å². The molecule has 0 fully saturated rings. The molecule has 0 aliphatic rings. The molecule has 1 N–H and O–H groups in total. The highest BCUT2D eigenvalue weighted by Crippen LogP contribution is 2.27. The average molecular weight is 277 g/mol. The molecule has 0 aliphatic heterocycles. The normalized spacial score (nSPS) is 12.3. The third-order valence-electron chi connectivity index (χ3n) is 2.59. The van der Waals surface area contributed by atoms with E-state index < -0.39 is 10.0 Å². The third-order valence-corrected chi connectivity index (χ3v) is 5.74. The van der Waals surface area contributed by atoms with Gasteiger partial charge in [0.25, 0.3) is 0 Å². The smallest absolute Gasteiger partial charge is 0.243 e. The first-order chi connectivity index (χ1) is 7.93. The van der Waals surface area contributed by atoms with E-state index in [0.29, 0.717) is 16.3 Å². The number of hydrogen-bond donors (Lipinski definition) is 1.